The van der Waals surface area contributed by atoms with Gasteiger partial charge in [0.15, 0.2) is 0 Å². The number of hydrogen-bond acceptors (Lipinski definition) is 3. The lowest BCUT2D eigenvalue weighted by molar-refractivity contribution is 0.462. The van der Waals surface area contributed by atoms with E-state index in [4.69, 9.17) is 5.41 Å². The highest BCUT2D eigenvalue weighted by Crippen LogP contribution is 1.92. The molecule has 0 aromatic heterocycles. The van der Waals surface area contributed by atoms with Gasteiger partial charge in [-0.15, -0.1) is 0 Å². The zero-order valence-corrected chi connectivity index (χ0v) is 7.94. The summed E-state index contributed by atoms with van der Waals surface area (Å²) in [6, 6.07) is 0.419. The molecule has 0 saturated heterocycles. The van der Waals surface area contributed by atoms with E-state index in [-0.39, 0.29) is 0 Å². The van der Waals surface area contributed by atoms with Gasteiger partial charge in [0.05, 0.1) is 0 Å². The molecule has 0 fully saturated rings. The quantitative estimate of drug-likeness (QED) is 0.573. The maximum atomic E-state index is 7.57. The topological polar surface area (TPSA) is 39.1 Å². The van der Waals surface area contributed by atoms with Crippen molar-refractivity contribution in [2.24, 2.45) is 0 Å². The van der Waals surface area contributed by atoms with Crippen molar-refractivity contribution in [3.05, 3.63) is 0 Å². The van der Waals surface area contributed by atoms with E-state index in [1.54, 1.807) is 0 Å². The van der Waals surface area contributed by atoms with Crippen molar-refractivity contribution in [2.75, 3.05) is 27.7 Å². The van der Waals surface area contributed by atoms with E-state index in [1.165, 1.54) is 0 Å². The van der Waals surface area contributed by atoms with Crippen molar-refractivity contribution in [1.29, 1.82) is 5.41 Å². The Balaban J connectivity index is 3.52. The summed E-state index contributed by atoms with van der Waals surface area (Å²) >= 11 is 0. The summed E-state index contributed by atoms with van der Waals surface area (Å²) in [7, 11) is 5.89. The lowest BCUT2D eigenvalue weighted by atomic mass is 10.1. The predicted molar refractivity (Wildman–Crippen MR) is 49.4 cm³/mol. The highest BCUT2D eigenvalue weighted by Gasteiger charge is 2.03. The first-order chi connectivity index (χ1) is 5.06. The molecular formula is C8H19N3. The fourth-order valence-electron chi connectivity index (χ4n) is 0.918. The van der Waals surface area contributed by atoms with Gasteiger partial charge in [-0.05, 0) is 28.1 Å². The molecule has 0 aromatic carbocycles. The normalized spacial score (nSPS) is 13.5. The molecule has 66 valence electrons. The molecule has 0 bridgehead atoms. The standard InChI is InChI=1S/C8H19N3/c1-7(10-2)5-8(9)6-11(3)4/h7,9-10H,5-6H2,1-4H3. The largest absolute Gasteiger partial charge is 0.317 e. The van der Waals surface area contributed by atoms with Crippen molar-refractivity contribution in [3.8, 4) is 0 Å². The summed E-state index contributed by atoms with van der Waals surface area (Å²) in [5.41, 5.74) is 0.789. The van der Waals surface area contributed by atoms with Crippen LogP contribution in [0.25, 0.3) is 0 Å². The van der Waals surface area contributed by atoms with E-state index in [9.17, 15) is 0 Å². The molecule has 0 amide bonds. The van der Waals surface area contributed by atoms with Gasteiger partial charge in [-0.25, -0.2) is 0 Å². The molecule has 1 atom stereocenters. The Morgan fingerprint density at radius 3 is 2.45 bits per heavy atom. The summed E-state index contributed by atoms with van der Waals surface area (Å²) < 4.78 is 0. The van der Waals surface area contributed by atoms with Crippen molar-refractivity contribution >= 4 is 5.71 Å². The third-order valence-corrected chi connectivity index (χ3v) is 1.55. The van der Waals surface area contributed by atoms with Gasteiger partial charge in [0, 0.05) is 24.7 Å². The van der Waals surface area contributed by atoms with E-state index >= 15 is 0 Å². The lowest BCUT2D eigenvalue weighted by Gasteiger charge is -2.14. The van der Waals surface area contributed by atoms with Crippen LogP contribution in [0.15, 0.2) is 0 Å². The van der Waals surface area contributed by atoms with Crippen LogP contribution in [0.3, 0.4) is 0 Å². The molecule has 0 spiro atoms. The zero-order valence-electron chi connectivity index (χ0n) is 7.94. The van der Waals surface area contributed by atoms with Gasteiger partial charge in [-0.2, -0.15) is 0 Å². The van der Waals surface area contributed by atoms with Crippen LogP contribution in [0.1, 0.15) is 13.3 Å². The fraction of sp³-hybridized carbons (Fsp3) is 0.875. The Bertz CT molecular complexity index is 121. The maximum Gasteiger partial charge on any atom is 0.0355 e. The maximum absolute atomic E-state index is 7.57. The molecule has 3 heteroatoms. The molecule has 2 N–H and O–H groups in total. The molecule has 0 rings (SSSR count). The highest BCUT2D eigenvalue weighted by atomic mass is 15.1. The molecule has 0 aromatic rings. The summed E-state index contributed by atoms with van der Waals surface area (Å²) in [5, 5.41) is 10.7. The Hall–Kier alpha value is -0.410. The van der Waals surface area contributed by atoms with Gasteiger partial charge in [0.25, 0.3) is 0 Å². The summed E-state index contributed by atoms with van der Waals surface area (Å²) in [4.78, 5) is 2.02. The Kier molecular flexibility index (Phi) is 5.07. The van der Waals surface area contributed by atoms with E-state index in [1.807, 2.05) is 26.0 Å². The zero-order chi connectivity index (χ0) is 8.85. The minimum Gasteiger partial charge on any atom is -0.317 e. The van der Waals surface area contributed by atoms with Gasteiger partial charge in [0.2, 0.25) is 0 Å². The summed E-state index contributed by atoms with van der Waals surface area (Å²) in [6.07, 6.45) is 0.842. The smallest absolute Gasteiger partial charge is 0.0355 e. The molecule has 0 aliphatic heterocycles. The molecule has 0 heterocycles. The van der Waals surface area contributed by atoms with Crippen LogP contribution in [0.4, 0.5) is 0 Å². The molecule has 1 unspecified atom stereocenters. The molecule has 0 radical (unpaired) electrons. The van der Waals surface area contributed by atoms with Crippen LogP contribution in [0, 0.1) is 5.41 Å². The van der Waals surface area contributed by atoms with Crippen LogP contribution < -0.4 is 5.32 Å². The molecule has 0 aliphatic carbocycles. The Morgan fingerprint density at radius 2 is 2.09 bits per heavy atom. The van der Waals surface area contributed by atoms with Crippen molar-refractivity contribution in [2.45, 2.75) is 19.4 Å². The van der Waals surface area contributed by atoms with Crippen LogP contribution in [-0.2, 0) is 0 Å². The first kappa shape index (κ1) is 10.6. The molecular weight excluding hydrogens is 138 g/mol. The summed E-state index contributed by atoms with van der Waals surface area (Å²) in [5.74, 6) is 0. The van der Waals surface area contributed by atoms with E-state index in [0.717, 1.165) is 18.7 Å². The highest BCUT2D eigenvalue weighted by molar-refractivity contribution is 5.83. The van der Waals surface area contributed by atoms with Gasteiger partial charge in [0.1, 0.15) is 0 Å². The molecule has 0 aliphatic rings. The van der Waals surface area contributed by atoms with Crippen LogP contribution >= 0.6 is 0 Å². The van der Waals surface area contributed by atoms with Crippen LogP contribution in [0.5, 0.6) is 0 Å². The predicted octanol–water partition coefficient (Wildman–Crippen LogP) is 0.566. The second kappa shape index (κ2) is 5.27. The molecule has 0 saturated carbocycles. The Labute approximate surface area is 69.3 Å². The number of nitrogens with one attached hydrogen (secondary N) is 2. The van der Waals surface area contributed by atoms with Crippen molar-refractivity contribution in [3.63, 3.8) is 0 Å². The minimum atomic E-state index is 0.419. The van der Waals surface area contributed by atoms with Crippen molar-refractivity contribution < 1.29 is 0 Å². The SMILES string of the molecule is CNC(C)CC(=N)CN(C)C. The number of hydrogen-bond donors (Lipinski definition) is 2. The molecule has 11 heavy (non-hydrogen) atoms. The van der Waals surface area contributed by atoms with Crippen molar-refractivity contribution in [1.82, 2.24) is 10.2 Å². The van der Waals surface area contributed by atoms with E-state index in [0.29, 0.717) is 6.04 Å². The third kappa shape index (κ3) is 6.01. The fourth-order valence-corrected chi connectivity index (χ4v) is 0.918. The number of nitrogens with zero attached hydrogens (tertiary/aromatic N) is 1. The van der Waals surface area contributed by atoms with Crippen LogP contribution in [0.2, 0.25) is 0 Å². The average Bonchev–Trinajstić information content (AvgIpc) is 1.85. The molecule has 3 nitrogen and oxygen atoms in total. The second-order valence-electron chi connectivity index (χ2n) is 3.24. The van der Waals surface area contributed by atoms with Gasteiger partial charge in [-0.3, -0.25) is 0 Å². The average molecular weight is 157 g/mol. The van der Waals surface area contributed by atoms with Crippen LogP contribution in [-0.4, -0.2) is 44.3 Å². The lowest BCUT2D eigenvalue weighted by Crippen LogP contribution is -2.29. The van der Waals surface area contributed by atoms with Gasteiger partial charge >= 0.3 is 0 Å². The van der Waals surface area contributed by atoms with Gasteiger partial charge in [-0.1, -0.05) is 0 Å². The minimum absolute atomic E-state index is 0.419. The second-order valence-corrected chi connectivity index (χ2v) is 3.24. The Morgan fingerprint density at radius 1 is 1.55 bits per heavy atom. The monoisotopic (exact) mass is 157 g/mol. The third-order valence-electron chi connectivity index (χ3n) is 1.55. The van der Waals surface area contributed by atoms with E-state index < -0.39 is 0 Å². The first-order valence-corrected chi connectivity index (χ1v) is 3.94. The first-order valence-electron chi connectivity index (χ1n) is 3.94. The summed E-state index contributed by atoms with van der Waals surface area (Å²) in [6.45, 7) is 2.86. The van der Waals surface area contributed by atoms with E-state index in [2.05, 4.69) is 12.2 Å². The van der Waals surface area contributed by atoms with Gasteiger partial charge < -0.3 is 15.6 Å². The number of rotatable bonds is 5.